The minimum Gasteiger partial charge on any atom is -0.437 e. The molecule has 15 heteroatoms. The summed E-state index contributed by atoms with van der Waals surface area (Å²) in [4.78, 5) is 0. The van der Waals surface area contributed by atoms with E-state index in [1.165, 1.54) is 0 Å². The summed E-state index contributed by atoms with van der Waals surface area (Å²) in [5.74, 6) is -1.66. The lowest BCUT2D eigenvalue weighted by molar-refractivity contribution is -0.890. The van der Waals surface area contributed by atoms with Crippen molar-refractivity contribution in [1.29, 1.82) is 0 Å². The number of ether oxygens (including phenoxy) is 1. The van der Waals surface area contributed by atoms with Gasteiger partial charge in [-0.25, -0.2) is 0 Å². The molecule has 0 unspecified atom stereocenters. The fourth-order valence-electron chi connectivity index (χ4n) is 2.69. The van der Waals surface area contributed by atoms with Gasteiger partial charge in [0.25, 0.3) is 0 Å². The van der Waals surface area contributed by atoms with Gasteiger partial charge in [0.15, 0.2) is 0 Å². The number of quaternary nitrogens is 1. The first-order valence-electron chi connectivity index (χ1n) is 10.1. The smallest absolute Gasteiger partial charge is 0.437 e. The lowest BCUT2D eigenvalue weighted by atomic mass is 10.1. The van der Waals surface area contributed by atoms with Gasteiger partial charge in [0.2, 0.25) is 0 Å². The van der Waals surface area contributed by atoms with Crippen molar-refractivity contribution in [3.63, 3.8) is 0 Å². The number of unbranched alkanes of at least 4 members (excludes halogenated alkanes) is 5. The second-order valence-corrected chi connectivity index (χ2v) is 12.0. The van der Waals surface area contributed by atoms with Crippen LogP contribution in [0, 0.1) is 0 Å². The summed E-state index contributed by atoms with van der Waals surface area (Å²) in [7, 11) is -10.5. The van der Waals surface area contributed by atoms with E-state index in [4.69, 9.17) is 4.74 Å². The largest absolute Gasteiger partial charge is 0.561 e. The number of likely N-dealkylation sites (N-methyl/N-ethyl adjacent to an activating group) is 1. The van der Waals surface area contributed by atoms with E-state index in [2.05, 4.69) is 13.5 Å². The Bertz CT molecular complexity index is 862. The molecule has 0 spiro atoms. The third kappa shape index (κ3) is 9.08. The van der Waals surface area contributed by atoms with Crippen LogP contribution in [0.5, 0.6) is 0 Å². The average Bonchev–Trinajstić information content (AvgIpc) is 2.61. The van der Waals surface area contributed by atoms with Gasteiger partial charge in [0.05, 0.1) is 29.6 Å². The molecule has 0 aliphatic rings. The Morgan fingerprint density at radius 2 is 1.27 bits per heavy atom. The molecule has 33 heavy (non-hydrogen) atoms. The zero-order valence-electron chi connectivity index (χ0n) is 19.1. The minimum atomic E-state index is -7.02. The maximum absolute atomic E-state index is 13.0. The first-order valence-corrected chi connectivity index (χ1v) is 13.0. The highest BCUT2D eigenvalue weighted by atomic mass is 32.3. The molecule has 0 aromatic rings. The van der Waals surface area contributed by atoms with Crippen molar-refractivity contribution >= 4 is 25.9 Å². The van der Waals surface area contributed by atoms with Crippen LogP contribution in [-0.4, -0.2) is 75.4 Å². The van der Waals surface area contributed by atoms with E-state index in [-0.39, 0.29) is 11.0 Å². The van der Waals surface area contributed by atoms with Gasteiger partial charge in [-0.2, -0.15) is 43.2 Å². The van der Waals surface area contributed by atoms with Crippen molar-refractivity contribution in [2.24, 2.45) is 0 Å². The molecule has 0 aromatic heterocycles. The fraction of sp³-hybridized carbons (Fsp3) is 0.833. The molecule has 0 saturated carbocycles. The van der Waals surface area contributed by atoms with Crippen molar-refractivity contribution in [1.82, 2.24) is 0 Å². The van der Waals surface area contributed by atoms with Crippen LogP contribution in [0.2, 0.25) is 0 Å². The van der Waals surface area contributed by atoms with Crippen molar-refractivity contribution in [3.8, 4) is 0 Å². The van der Waals surface area contributed by atoms with Gasteiger partial charge in [-0.05, 0) is 19.8 Å². The van der Waals surface area contributed by atoms with Crippen molar-refractivity contribution < 1.29 is 55.8 Å². The third-order valence-corrected chi connectivity index (χ3v) is 8.16. The molecule has 0 heterocycles. The second kappa shape index (κ2) is 11.9. The predicted molar refractivity (Wildman–Crippen MR) is 111 cm³/mol. The first kappa shape index (κ1) is 31.6. The molecule has 0 atom stereocenters. The Labute approximate surface area is 191 Å². The molecular weight excluding hydrogens is 502 g/mol. The Morgan fingerprint density at radius 3 is 1.67 bits per heavy atom. The molecule has 0 aromatic carbocycles. The topological polar surface area (TPSA) is 80.5 Å². The van der Waals surface area contributed by atoms with Crippen LogP contribution in [-0.2, 0) is 24.8 Å². The van der Waals surface area contributed by atoms with E-state index in [0.29, 0.717) is 6.54 Å². The van der Waals surface area contributed by atoms with E-state index in [0.717, 1.165) is 45.4 Å². The average molecular weight is 535 g/mol. The zero-order chi connectivity index (χ0) is 26.3. The Balaban J connectivity index is 5.86. The summed E-state index contributed by atoms with van der Waals surface area (Å²) >= 11 is 0. The highest BCUT2D eigenvalue weighted by molar-refractivity contribution is 7.98. The van der Waals surface area contributed by atoms with Crippen LogP contribution in [0.3, 0.4) is 0 Å². The van der Waals surface area contributed by atoms with Gasteiger partial charge in [-0.15, -0.1) is 0 Å². The molecule has 0 bridgehead atoms. The van der Waals surface area contributed by atoms with Crippen molar-refractivity contribution in [2.75, 3.05) is 33.8 Å². The summed E-state index contributed by atoms with van der Waals surface area (Å²) in [6.07, 6.45) is 6.06. The van der Waals surface area contributed by atoms with Crippen LogP contribution < -0.4 is 0 Å². The van der Waals surface area contributed by atoms with Crippen LogP contribution in [0.4, 0.5) is 26.3 Å². The quantitative estimate of drug-likeness (QED) is 0.0887. The maximum Gasteiger partial charge on any atom is 0.561 e. The molecule has 0 fully saturated rings. The van der Waals surface area contributed by atoms with Gasteiger partial charge in [0.1, 0.15) is 13.2 Å². The first-order chi connectivity index (χ1) is 14.7. The Morgan fingerprint density at radius 1 is 0.848 bits per heavy atom. The predicted octanol–water partition coefficient (Wildman–Crippen LogP) is 4.13. The summed E-state index contributed by atoms with van der Waals surface area (Å²) in [6.45, 7) is 6.12. The molecule has 0 rings (SSSR count). The molecule has 7 nitrogen and oxygen atoms in total. The number of hydrogen-bond donors (Lipinski definition) is 0. The van der Waals surface area contributed by atoms with Crippen molar-refractivity contribution in [2.45, 2.75) is 63.4 Å². The van der Waals surface area contributed by atoms with Gasteiger partial charge in [-0.1, -0.05) is 39.2 Å². The number of nitrogens with zero attached hydrogens (tertiary/aromatic N) is 2. The van der Waals surface area contributed by atoms with E-state index < -0.39 is 52.5 Å². The van der Waals surface area contributed by atoms with Gasteiger partial charge >= 0.3 is 37.0 Å². The lowest BCUT2D eigenvalue weighted by Gasteiger charge is -2.29. The van der Waals surface area contributed by atoms with E-state index in [1.54, 1.807) is 14.1 Å². The lowest BCUT2D eigenvalue weighted by Crippen LogP contribution is -2.48. The van der Waals surface area contributed by atoms with Gasteiger partial charge in [0, 0.05) is 0 Å². The van der Waals surface area contributed by atoms with Crippen LogP contribution in [0.1, 0.15) is 52.4 Å². The highest BCUT2D eigenvalue weighted by Gasteiger charge is 2.68. The normalized spacial score (nSPS) is 13.6. The van der Waals surface area contributed by atoms with E-state index in [9.17, 15) is 43.2 Å². The number of alkyl halides is 6. The molecule has 196 valence electrons. The summed E-state index contributed by atoms with van der Waals surface area (Å²) in [5.41, 5.74) is -13.4. The monoisotopic (exact) mass is 534 g/mol. The Kier molecular flexibility index (Phi) is 11.4. The summed E-state index contributed by atoms with van der Waals surface area (Å²) in [5, 5.41) is 0. The van der Waals surface area contributed by atoms with E-state index >= 15 is 0 Å². The van der Waals surface area contributed by atoms with Gasteiger partial charge < -0.3 is 9.22 Å². The number of halogens is 6. The standard InChI is InChI=1S/C18H32F6N2O5S2/c1-6-7-8-9-10-11-12-26(4,5)13-14-31-16(15(2)3)25(32(27,28)17(19,20)21)33(29,30)18(22,23)24/h2,6-14H2,1,3-5H3/q+2. The maximum atomic E-state index is 13.0. The number of rotatable bonds is 13. The van der Waals surface area contributed by atoms with Crippen molar-refractivity contribution in [3.05, 3.63) is 12.2 Å². The molecule has 0 saturated heterocycles. The van der Waals surface area contributed by atoms with Crippen LogP contribution >= 0.6 is 0 Å². The number of sulfonamides is 2. The molecule has 0 amide bonds. The SMILES string of the molecule is C=C(C)C(OCC[N+](C)(C)CCCCCCCC)=[N+](S(=O)(=O)C(F)(F)F)S(=O)(=O)C(F)(F)F. The highest BCUT2D eigenvalue weighted by Crippen LogP contribution is 2.33. The second-order valence-electron chi connectivity index (χ2n) is 8.18. The molecule has 0 radical (unpaired) electrons. The fourth-order valence-corrected chi connectivity index (χ4v) is 5.46. The minimum absolute atomic E-state index is 0.0533. The molecule has 0 N–H and O–H groups in total. The third-order valence-electron chi connectivity index (χ3n) is 4.60. The number of hydrogen-bond acceptors (Lipinski definition) is 5. The molecule has 0 aliphatic carbocycles. The Hall–Kier alpha value is -1.35. The molecule has 0 aliphatic heterocycles. The zero-order valence-corrected chi connectivity index (χ0v) is 20.7. The summed E-state index contributed by atoms with van der Waals surface area (Å²) < 4.78 is 129. The van der Waals surface area contributed by atoms with Gasteiger partial charge in [-0.3, -0.25) is 0 Å². The van der Waals surface area contributed by atoms with E-state index in [1.807, 2.05) is 0 Å². The molecular formula is C18H32F6N2O5S2+2. The summed E-state index contributed by atoms with van der Waals surface area (Å²) in [6, 6.07) is 0. The van der Waals surface area contributed by atoms with Crippen LogP contribution in [0.25, 0.3) is 0 Å². The van der Waals surface area contributed by atoms with Crippen LogP contribution in [0.15, 0.2) is 12.2 Å².